The van der Waals surface area contributed by atoms with Gasteiger partial charge in [0.2, 0.25) is 0 Å². The van der Waals surface area contributed by atoms with Crippen molar-refractivity contribution in [1.82, 2.24) is 0 Å². The van der Waals surface area contributed by atoms with E-state index in [1.807, 2.05) is 26.8 Å². The molecule has 0 aliphatic heterocycles. The van der Waals surface area contributed by atoms with E-state index < -0.39 is 0 Å². The summed E-state index contributed by atoms with van der Waals surface area (Å²) in [4.78, 5) is 11.4. The summed E-state index contributed by atoms with van der Waals surface area (Å²) >= 11 is 0. The van der Waals surface area contributed by atoms with Crippen LogP contribution in [-0.4, -0.2) is 12.1 Å². The summed E-state index contributed by atoms with van der Waals surface area (Å²) in [6.07, 6.45) is 9.20. The second kappa shape index (κ2) is 8.99. The van der Waals surface area contributed by atoms with E-state index in [9.17, 15) is 4.79 Å². The van der Waals surface area contributed by atoms with Gasteiger partial charge in [0.1, 0.15) is 0 Å². The second-order valence-corrected chi connectivity index (χ2v) is 7.22. The number of rotatable bonds is 7. The van der Waals surface area contributed by atoms with Gasteiger partial charge in [-0.3, -0.25) is 0 Å². The van der Waals surface area contributed by atoms with Crippen molar-refractivity contribution < 1.29 is 9.53 Å². The van der Waals surface area contributed by atoms with Gasteiger partial charge in [-0.1, -0.05) is 39.8 Å². The van der Waals surface area contributed by atoms with Crippen molar-refractivity contribution in [2.24, 2.45) is 11.3 Å². The fourth-order valence-corrected chi connectivity index (χ4v) is 1.78. The van der Waals surface area contributed by atoms with Gasteiger partial charge in [-0.15, -0.1) is 0 Å². The SMILES string of the molecule is CC(C=CCC(C)CCC(C)(C)C)=CC(=O)OC(C)C. The summed E-state index contributed by atoms with van der Waals surface area (Å²) in [5.41, 5.74) is 1.35. The highest BCUT2D eigenvalue weighted by atomic mass is 16.5. The number of esters is 1. The molecule has 0 aliphatic carbocycles. The van der Waals surface area contributed by atoms with Crippen LogP contribution < -0.4 is 0 Å². The fraction of sp³-hybridized carbons (Fsp3) is 0.722. The van der Waals surface area contributed by atoms with Crippen molar-refractivity contribution in [3.8, 4) is 0 Å². The first-order chi connectivity index (χ1) is 9.10. The topological polar surface area (TPSA) is 26.3 Å². The first-order valence-corrected chi connectivity index (χ1v) is 7.65. The third-order valence-corrected chi connectivity index (χ3v) is 3.00. The number of allylic oxidation sites excluding steroid dienone is 3. The average Bonchev–Trinajstić information content (AvgIpc) is 2.23. The van der Waals surface area contributed by atoms with Crippen molar-refractivity contribution >= 4 is 5.97 Å². The first-order valence-electron chi connectivity index (χ1n) is 7.65. The van der Waals surface area contributed by atoms with E-state index in [1.54, 1.807) is 6.08 Å². The molecule has 2 heteroatoms. The van der Waals surface area contributed by atoms with Crippen LogP contribution in [-0.2, 0) is 9.53 Å². The lowest BCUT2D eigenvalue weighted by Crippen LogP contribution is -2.08. The zero-order valence-electron chi connectivity index (χ0n) is 14.3. The molecule has 0 aromatic heterocycles. The highest BCUT2D eigenvalue weighted by Crippen LogP contribution is 2.24. The molecule has 0 radical (unpaired) electrons. The molecule has 1 unspecified atom stereocenters. The lowest BCUT2D eigenvalue weighted by molar-refractivity contribution is -0.141. The molecular formula is C18H32O2. The van der Waals surface area contributed by atoms with Gasteiger partial charge in [0.15, 0.2) is 0 Å². The lowest BCUT2D eigenvalue weighted by Gasteiger charge is -2.20. The number of ether oxygens (including phenoxy) is 1. The van der Waals surface area contributed by atoms with E-state index in [4.69, 9.17) is 4.74 Å². The smallest absolute Gasteiger partial charge is 0.331 e. The van der Waals surface area contributed by atoms with E-state index in [0.29, 0.717) is 11.3 Å². The summed E-state index contributed by atoms with van der Waals surface area (Å²) in [5, 5.41) is 0. The average molecular weight is 280 g/mol. The summed E-state index contributed by atoms with van der Waals surface area (Å²) < 4.78 is 5.08. The Hall–Kier alpha value is -1.05. The Bertz CT molecular complexity index is 343. The molecule has 0 N–H and O–H groups in total. The molecule has 0 rings (SSSR count). The molecule has 0 aromatic carbocycles. The molecule has 0 aromatic rings. The van der Waals surface area contributed by atoms with Crippen molar-refractivity contribution in [3.05, 3.63) is 23.8 Å². The third kappa shape index (κ3) is 12.0. The van der Waals surface area contributed by atoms with Gasteiger partial charge in [-0.2, -0.15) is 0 Å². The van der Waals surface area contributed by atoms with Crippen LogP contribution in [0.1, 0.15) is 67.7 Å². The van der Waals surface area contributed by atoms with Gasteiger partial charge < -0.3 is 4.74 Å². The van der Waals surface area contributed by atoms with Gasteiger partial charge in [-0.05, 0) is 56.9 Å². The molecule has 20 heavy (non-hydrogen) atoms. The predicted octanol–water partition coefficient (Wildman–Crippen LogP) is 5.29. The summed E-state index contributed by atoms with van der Waals surface area (Å²) in [5.74, 6) is 0.420. The highest BCUT2D eigenvalue weighted by Gasteiger charge is 2.11. The van der Waals surface area contributed by atoms with Gasteiger partial charge in [0.25, 0.3) is 0 Å². The second-order valence-electron chi connectivity index (χ2n) is 7.22. The van der Waals surface area contributed by atoms with Crippen molar-refractivity contribution in [2.45, 2.75) is 73.8 Å². The minimum absolute atomic E-state index is 0.0621. The highest BCUT2D eigenvalue weighted by molar-refractivity contribution is 5.83. The van der Waals surface area contributed by atoms with E-state index in [0.717, 1.165) is 12.0 Å². The Morgan fingerprint density at radius 1 is 1.20 bits per heavy atom. The van der Waals surface area contributed by atoms with Gasteiger partial charge in [0, 0.05) is 6.08 Å². The molecular weight excluding hydrogens is 248 g/mol. The Morgan fingerprint density at radius 2 is 1.80 bits per heavy atom. The maximum Gasteiger partial charge on any atom is 0.331 e. The number of hydrogen-bond acceptors (Lipinski definition) is 2. The summed E-state index contributed by atoms with van der Waals surface area (Å²) in [6.45, 7) is 14.8. The monoisotopic (exact) mass is 280 g/mol. The molecule has 2 nitrogen and oxygen atoms in total. The number of carbonyl (C=O) groups excluding carboxylic acids is 1. The van der Waals surface area contributed by atoms with Crippen LogP contribution >= 0.6 is 0 Å². The standard InChI is InChI=1S/C18H32O2/c1-14(2)20-17(19)13-16(4)10-8-9-15(3)11-12-18(5,6)7/h8,10,13-15H,9,11-12H2,1-7H3. The predicted molar refractivity (Wildman–Crippen MR) is 86.6 cm³/mol. The van der Waals surface area contributed by atoms with Crippen LogP contribution in [0.5, 0.6) is 0 Å². The van der Waals surface area contributed by atoms with E-state index >= 15 is 0 Å². The molecule has 116 valence electrons. The van der Waals surface area contributed by atoms with E-state index in [-0.39, 0.29) is 12.1 Å². The quantitative estimate of drug-likeness (QED) is 0.359. The Morgan fingerprint density at radius 3 is 2.30 bits per heavy atom. The molecule has 0 saturated carbocycles. The minimum atomic E-state index is -0.261. The minimum Gasteiger partial charge on any atom is -0.460 e. The molecule has 1 atom stereocenters. The fourth-order valence-electron chi connectivity index (χ4n) is 1.78. The van der Waals surface area contributed by atoms with Crippen LogP contribution in [0.4, 0.5) is 0 Å². The van der Waals surface area contributed by atoms with E-state index in [2.05, 4.69) is 33.8 Å². The molecule has 0 amide bonds. The summed E-state index contributed by atoms with van der Waals surface area (Å²) in [7, 11) is 0. The molecule has 0 spiro atoms. The molecule has 0 saturated heterocycles. The Balaban J connectivity index is 4.10. The Kier molecular flexibility index (Phi) is 8.52. The molecule has 0 aliphatic rings. The molecule has 0 bridgehead atoms. The maximum atomic E-state index is 11.4. The van der Waals surface area contributed by atoms with Crippen molar-refractivity contribution in [1.29, 1.82) is 0 Å². The first kappa shape index (κ1) is 18.9. The maximum absolute atomic E-state index is 11.4. The Labute approximate surface area is 125 Å². The summed E-state index contributed by atoms with van der Waals surface area (Å²) in [6, 6.07) is 0. The zero-order chi connectivity index (χ0) is 15.8. The van der Waals surface area contributed by atoms with Crippen LogP contribution in [0.2, 0.25) is 0 Å². The van der Waals surface area contributed by atoms with Gasteiger partial charge in [0.05, 0.1) is 6.10 Å². The van der Waals surface area contributed by atoms with Gasteiger partial charge in [-0.25, -0.2) is 4.79 Å². The van der Waals surface area contributed by atoms with Crippen molar-refractivity contribution in [3.63, 3.8) is 0 Å². The molecule has 0 fully saturated rings. The lowest BCUT2D eigenvalue weighted by atomic mass is 9.86. The van der Waals surface area contributed by atoms with Crippen LogP contribution in [0, 0.1) is 11.3 Å². The van der Waals surface area contributed by atoms with Crippen LogP contribution in [0.3, 0.4) is 0 Å². The normalized spacial score (nSPS) is 14.9. The van der Waals surface area contributed by atoms with Crippen LogP contribution in [0.15, 0.2) is 23.8 Å². The number of hydrogen-bond donors (Lipinski definition) is 0. The number of carbonyl (C=O) groups is 1. The van der Waals surface area contributed by atoms with Crippen molar-refractivity contribution in [2.75, 3.05) is 0 Å². The van der Waals surface area contributed by atoms with E-state index in [1.165, 1.54) is 12.8 Å². The zero-order valence-corrected chi connectivity index (χ0v) is 14.3. The third-order valence-electron chi connectivity index (χ3n) is 3.00. The largest absolute Gasteiger partial charge is 0.460 e. The van der Waals surface area contributed by atoms with Crippen LogP contribution in [0.25, 0.3) is 0 Å². The van der Waals surface area contributed by atoms with Gasteiger partial charge >= 0.3 is 5.97 Å². The molecule has 0 heterocycles.